The van der Waals surface area contributed by atoms with Crippen molar-refractivity contribution >= 4 is 5.97 Å². The van der Waals surface area contributed by atoms with E-state index in [0.717, 1.165) is 19.3 Å². The normalized spacial score (nSPS) is 14.3. The Hall–Kier alpha value is -0.610. The zero-order valence-electron chi connectivity index (χ0n) is 14.2. The van der Waals surface area contributed by atoms with Crippen LogP contribution in [0.3, 0.4) is 0 Å². The highest BCUT2D eigenvalue weighted by molar-refractivity contribution is 5.76. The van der Waals surface area contributed by atoms with E-state index in [-0.39, 0.29) is 0 Å². The Labute approximate surface area is 130 Å². The van der Waals surface area contributed by atoms with Gasteiger partial charge in [-0.25, -0.2) is 4.79 Å². The van der Waals surface area contributed by atoms with Crippen molar-refractivity contribution in [1.29, 1.82) is 0 Å². The second-order valence-electron chi connectivity index (χ2n) is 6.30. The third kappa shape index (κ3) is 9.10. The number of aliphatic carboxylic acids is 1. The zero-order chi connectivity index (χ0) is 16.1. The first kappa shape index (κ1) is 20.4. The first-order chi connectivity index (χ1) is 9.95. The summed E-state index contributed by atoms with van der Waals surface area (Å²) in [7, 11) is 3.21. The predicted octanol–water partition coefficient (Wildman–Crippen LogP) is 4.02. The zero-order valence-corrected chi connectivity index (χ0v) is 14.2. The minimum absolute atomic E-state index is 0.298. The molecule has 4 heteroatoms. The molecule has 0 aromatic rings. The van der Waals surface area contributed by atoms with Crippen LogP contribution in [0.5, 0.6) is 0 Å². The van der Waals surface area contributed by atoms with Crippen molar-refractivity contribution in [2.24, 2.45) is 0 Å². The van der Waals surface area contributed by atoms with Crippen LogP contribution >= 0.6 is 0 Å². The number of aliphatic hydroxyl groups is 1. The molecule has 0 aliphatic carbocycles. The second-order valence-corrected chi connectivity index (χ2v) is 6.30. The van der Waals surface area contributed by atoms with Crippen molar-refractivity contribution < 1.29 is 15.0 Å². The van der Waals surface area contributed by atoms with Crippen LogP contribution in [0.4, 0.5) is 0 Å². The number of hydrogen-bond donors (Lipinski definition) is 2. The van der Waals surface area contributed by atoms with Gasteiger partial charge in [0, 0.05) is 6.42 Å². The number of unbranched alkanes of at least 4 members (excludes halogenated alkanes) is 10. The SMILES string of the molecule is CCCCCCCCCCCCCC(O)(C(=O)O)N(C)C. The molecule has 0 aromatic carbocycles. The molecule has 0 bridgehead atoms. The predicted molar refractivity (Wildman–Crippen MR) is 87.4 cm³/mol. The molecular weight excluding hydrogens is 266 g/mol. The average Bonchev–Trinajstić information content (AvgIpc) is 2.44. The first-order valence-corrected chi connectivity index (χ1v) is 8.58. The smallest absolute Gasteiger partial charge is 0.351 e. The summed E-state index contributed by atoms with van der Waals surface area (Å²) >= 11 is 0. The van der Waals surface area contributed by atoms with Gasteiger partial charge in [-0.1, -0.05) is 71.1 Å². The highest BCUT2D eigenvalue weighted by Gasteiger charge is 2.37. The fraction of sp³-hybridized carbons (Fsp3) is 0.941. The second kappa shape index (κ2) is 12.0. The summed E-state index contributed by atoms with van der Waals surface area (Å²) < 4.78 is 0. The van der Waals surface area contributed by atoms with Crippen LogP contribution in [0.1, 0.15) is 84.0 Å². The fourth-order valence-corrected chi connectivity index (χ4v) is 2.56. The van der Waals surface area contributed by atoms with Crippen LogP contribution in [-0.2, 0) is 4.79 Å². The van der Waals surface area contributed by atoms with Gasteiger partial charge in [-0.05, 0) is 20.5 Å². The number of carboxylic acids is 1. The maximum Gasteiger partial charge on any atom is 0.351 e. The van der Waals surface area contributed by atoms with E-state index in [0.29, 0.717) is 6.42 Å². The summed E-state index contributed by atoms with van der Waals surface area (Å²) in [5.41, 5.74) is -1.71. The van der Waals surface area contributed by atoms with Gasteiger partial charge in [0.1, 0.15) is 0 Å². The molecule has 0 radical (unpaired) electrons. The molecule has 0 spiro atoms. The quantitative estimate of drug-likeness (QED) is 0.376. The van der Waals surface area contributed by atoms with Gasteiger partial charge in [0.2, 0.25) is 5.72 Å². The molecule has 1 unspecified atom stereocenters. The largest absolute Gasteiger partial charge is 0.478 e. The summed E-state index contributed by atoms with van der Waals surface area (Å²) in [6.07, 6.45) is 13.8. The van der Waals surface area contributed by atoms with Crippen LogP contribution < -0.4 is 0 Å². The molecule has 0 fully saturated rings. The summed E-state index contributed by atoms with van der Waals surface area (Å²) in [6.45, 7) is 2.24. The summed E-state index contributed by atoms with van der Waals surface area (Å²) in [5.74, 6) is -1.15. The van der Waals surface area contributed by atoms with Crippen molar-refractivity contribution in [3.05, 3.63) is 0 Å². The fourth-order valence-electron chi connectivity index (χ4n) is 2.56. The van der Waals surface area contributed by atoms with E-state index in [4.69, 9.17) is 5.11 Å². The van der Waals surface area contributed by atoms with Gasteiger partial charge in [-0.3, -0.25) is 4.90 Å². The van der Waals surface area contributed by atoms with Crippen molar-refractivity contribution in [3.63, 3.8) is 0 Å². The summed E-state index contributed by atoms with van der Waals surface area (Å²) in [5, 5.41) is 19.1. The monoisotopic (exact) mass is 301 g/mol. The van der Waals surface area contributed by atoms with Gasteiger partial charge in [0.25, 0.3) is 0 Å². The molecule has 0 aliphatic rings. The van der Waals surface area contributed by atoms with Crippen LogP contribution in [0.15, 0.2) is 0 Å². The van der Waals surface area contributed by atoms with Crippen molar-refractivity contribution in [2.45, 2.75) is 89.7 Å². The lowest BCUT2D eigenvalue weighted by molar-refractivity contribution is -0.179. The highest BCUT2D eigenvalue weighted by atomic mass is 16.4. The average molecular weight is 301 g/mol. The molecule has 21 heavy (non-hydrogen) atoms. The lowest BCUT2D eigenvalue weighted by Crippen LogP contribution is -2.51. The number of likely N-dealkylation sites (N-methyl/N-ethyl adjacent to an activating group) is 1. The van der Waals surface area contributed by atoms with Gasteiger partial charge in [0.15, 0.2) is 0 Å². The van der Waals surface area contributed by atoms with Gasteiger partial charge in [-0.2, -0.15) is 0 Å². The van der Waals surface area contributed by atoms with Crippen molar-refractivity contribution in [3.8, 4) is 0 Å². The molecule has 126 valence electrons. The first-order valence-electron chi connectivity index (χ1n) is 8.58. The lowest BCUT2D eigenvalue weighted by atomic mass is 10.0. The topological polar surface area (TPSA) is 60.8 Å². The van der Waals surface area contributed by atoms with Gasteiger partial charge in [-0.15, -0.1) is 0 Å². The number of nitrogens with zero attached hydrogens (tertiary/aromatic N) is 1. The van der Waals surface area contributed by atoms with E-state index in [9.17, 15) is 9.90 Å². The molecule has 0 saturated heterocycles. The summed E-state index contributed by atoms with van der Waals surface area (Å²) in [4.78, 5) is 12.5. The lowest BCUT2D eigenvalue weighted by Gasteiger charge is -2.30. The Morgan fingerprint density at radius 1 is 0.857 bits per heavy atom. The third-order valence-corrected chi connectivity index (χ3v) is 4.21. The molecule has 1 atom stereocenters. The molecule has 0 saturated carbocycles. The van der Waals surface area contributed by atoms with E-state index in [1.165, 1.54) is 56.3 Å². The standard InChI is InChI=1S/C17H35NO3/c1-4-5-6-7-8-9-10-11-12-13-14-15-17(21,16(19)20)18(2)3/h21H,4-15H2,1-3H3,(H,19,20). The maximum absolute atomic E-state index is 11.1. The Morgan fingerprint density at radius 3 is 1.57 bits per heavy atom. The van der Waals surface area contributed by atoms with Crippen molar-refractivity contribution in [1.82, 2.24) is 4.90 Å². The maximum atomic E-state index is 11.1. The Bertz CT molecular complexity index is 269. The number of hydrogen-bond acceptors (Lipinski definition) is 3. The highest BCUT2D eigenvalue weighted by Crippen LogP contribution is 2.19. The third-order valence-electron chi connectivity index (χ3n) is 4.21. The number of rotatable bonds is 14. The Kier molecular flexibility index (Phi) is 11.6. The van der Waals surface area contributed by atoms with Crippen LogP contribution in [0.2, 0.25) is 0 Å². The van der Waals surface area contributed by atoms with E-state index in [1.54, 1.807) is 14.1 Å². The van der Waals surface area contributed by atoms with Crippen LogP contribution in [0, 0.1) is 0 Å². The molecule has 0 amide bonds. The van der Waals surface area contributed by atoms with Crippen LogP contribution in [0.25, 0.3) is 0 Å². The Morgan fingerprint density at radius 2 is 1.24 bits per heavy atom. The van der Waals surface area contributed by atoms with E-state index < -0.39 is 11.7 Å². The molecule has 0 rings (SSSR count). The van der Waals surface area contributed by atoms with E-state index in [1.807, 2.05) is 0 Å². The van der Waals surface area contributed by atoms with Gasteiger partial charge >= 0.3 is 5.97 Å². The molecule has 0 aliphatic heterocycles. The number of carbonyl (C=O) groups is 1. The van der Waals surface area contributed by atoms with Gasteiger partial charge < -0.3 is 10.2 Å². The molecule has 2 N–H and O–H groups in total. The Balaban J connectivity index is 3.49. The van der Waals surface area contributed by atoms with Gasteiger partial charge in [0.05, 0.1) is 0 Å². The molecule has 0 aromatic heterocycles. The minimum Gasteiger partial charge on any atom is -0.478 e. The molecule has 0 heterocycles. The van der Waals surface area contributed by atoms with E-state index in [2.05, 4.69) is 6.92 Å². The van der Waals surface area contributed by atoms with Crippen molar-refractivity contribution in [2.75, 3.05) is 14.1 Å². The molecular formula is C17H35NO3. The number of carboxylic acid groups (broad SMARTS) is 1. The molecule has 4 nitrogen and oxygen atoms in total. The van der Waals surface area contributed by atoms with E-state index >= 15 is 0 Å². The summed E-state index contributed by atoms with van der Waals surface area (Å²) in [6, 6.07) is 0. The minimum atomic E-state index is -1.71. The van der Waals surface area contributed by atoms with Crippen LogP contribution in [-0.4, -0.2) is 40.9 Å².